The lowest BCUT2D eigenvalue weighted by Crippen LogP contribution is -2.47. The van der Waals surface area contributed by atoms with Crippen molar-refractivity contribution < 1.29 is 9.50 Å². The molecule has 1 saturated heterocycles. The van der Waals surface area contributed by atoms with Gasteiger partial charge in [0.2, 0.25) is 0 Å². The number of hydrogen-bond acceptors (Lipinski definition) is 2. The maximum Gasteiger partial charge on any atom is 0.126 e. The summed E-state index contributed by atoms with van der Waals surface area (Å²) in [6.07, 6.45) is 0.520. The highest BCUT2D eigenvalue weighted by atomic mass is 35.5. The highest BCUT2D eigenvalue weighted by molar-refractivity contribution is 6.31. The van der Waals surface area contributed by atoms with Crippen LogP contribution in [-0.4, -0.2) is 30.1 Å². The first kappa shape index (κ1) is 15.5. The summed E-state index contributed by atoms with van der Waals surface area (Å²) < 4.78 is 14.3. The molecular formula is C18H19ClFNO. The quantitative estimate of drug-likeness (QED) is 0.910. The monoisotopic (exact) mass is 319 g/mol. The van der Waals surface area contributed by atoms with Crippen molar-refractivity contribution in [2.24, 2.45) is 0 Å². The van der Waals surface area contributed by atoms with Crippen molar-refractivity contribution in [2.45, 2.75) is 17.9 Å². The normalized spacial score (nSPS) is 26.1. The van der Waals surface area contributed by atoms with Gasteiger partial charge >= 0.3 is 0 Å². The van der Waals surface area contributed by atoms with E-state index in [4.69, 9.17) is 11.6 Å². The minimum atomic E-state index is -1.16. The molecule has 1 aliphatic heterocycles. The number of hydrogen-bond donors (Lipinski definition) is 1. The molecule has 0 aromatic heterocycles. The molecule has 1 fully saturated rings. The van der Waals surface area contributed by atoms with Gasteiger partial charge in [-0.2, -0.15) is 0 Å². The predicted molar refractivity (Wildman–Crippen MR) is 86.6 cm³/mol. The Morgan fingerprint density at radius 3 is 2.59 bits per heavy atom. The van der Waals surface area contributed by atoms with Crippen LogP contribution in [0.2, 0.25) is 5.02 Å². The minimum absolute atomic E-state index is 0.284. The number of piperidine rings is 1. The second kappa shape index (κ2) is 5.99. The maximum absolute atomic E-state index is 14.3. The number of rotatable bonds is 2. The van der Waals surface area contributed by atoms with Crippen molar-refractivity contribution >= 4 is 11.6 Å². The molecule has 3 rings (SSSR count). The molecular weight excluding hydrogens is 301 g/mol. The van der Waals surface area contributed by atoms with E-state index in [1.165, 1.54) is 6.07 Å². The SMILES string of the molecule is CN1CCC(O)(c2ccccc2Cl)C(c2ccccc2F)C1. The molecule has 4 heteroatoms. The van der Waals surface area contributed by atoms with Crippen LogP contribution >= 0.6 is 11.6 Å². The van der Waals surface area contributed by atoms with Gasteiger partial charge in [0.1, 0.15) is 11.4 Å². The molecule has 2 nitrogen and oxygen atoms in total. The van der Waals surface area contributed by atoms with Gasteiger partial charge in [-0.05, 0) is 31.2 Å². The fraction of sp³-hybridized carbons (Fsp3) is 0.333. The minimum Gasteiger partial charge on any atom is -0.384 e. The summed E-state index contributed by atoms with van der Waals surface area (Å²) in [5.74, 6) is -0.638. The molecule has 1 aliphatic rings. The third kappa shape index (κ3) is 2.65. The van der Waals surface area contributed by atoms with Gasteiger partial charge in [0, 0.05) is 29.6 Å². The predicted octanol–water partition coefficient (Wildman–Crippen LogP) is 3.79. The van der Waals surface area contributed by atoms with E-state index in [9.17, 15) is 9.50 Å². The van der Waals surface area contributed by atoms with Crippen LogP contribution in [0.3, 0.4) is 0 Å². The Balaban J connectivity index is 2.12. The zero-order chi connectivity index (χ0) is 15.7. The zero-order valence-electron chi connectivity index (χ0n) is 12.5. The summed E-state index contributed by atoms with van der Waals surface area (Å²) in [6.45, 7) is 1.33. The van der Waals surface area contributed by atoms with Crippen LogP contribution in [-0.2, 0) is 5.60 Å². The van der Waals surface area contributed by atoms with Gasteiger partial charge in [0.05, 0.1) is 0 Å². The first-order chi connectivity index (χ1) is 10.5. The Hall–Kier alpha value is -1.42. The third-order valence-electron chi connectivity index (χ3n) is 4.57. The molecule has 2 atom stereocenters. The highest BCUT2D eigenvalue weighted by Crippen LogP contribution is 2.45. The summed E-state index contributed by atoms with van der Waals surface area (Å²) in [5, 5.41) is 11.9. The highest BCUT2D eigenvalue weighted by Gasteiger charge is 2.44. The third-order valence-corrected chi connectivity index (χ3v) is 4.90. The first-order valence-corrected chi connectivity index (χ1v) is 7.80. The van der Waals surface area contributed by atoms with Crippen LogP contribution in [0.15, 0.2) is 48.5 Å². The molecule has 0 amide bonds. The van der Waals surface area contributed by atoms with Crippen LogP contribution in [0.5, 0.6) is 0 Å². The molecule has 2 aromatic carbocycles. The van der Waals surface area contributed by atoms with E-state index in [0.717, 1.165) is 6.54 Å². The summed E-state index contributed by atoms with van der Waals surface area (Å²) in [7, 11) is 1.99. The van der Waals surface area contributed by atoms with Gasteiger partial charge in [-0.1, -0.05) is 48.0 Å². The molecule has 0 spiro atoms. The smallest absolute Gasteiger partial charge is 0.126 e. The fourth-order valence-electron chi connectivity index (χ4n) is 3.34. The van der Waals surface area contributed by atoms with Crippen LogP contribution in [0.1, 0.15) is 23.5 Å². The molecule has 116 valence electrons. The van der Waals surface area contributed by atoms with Crippen molar-refractivity contribution in [2.75, 3.05) is 20.1 Å². The van der Waals surface area contributed by atoms with E-state index in [1.807, 2.05) is 25.2 Å². The maximum atomic E-state index is 14.3. The Morgan fingerprint density at radius 1 is 1.18 bits per heavy atom. The molecule has 1 N–H and O–H groups in total. The van der Waals surface area contributed by atoms with Crippen molar-refractivity contribution in [1.29, 1.82) is 0 Å². The zero-order valence-corrected chi connectivity index (χ0v) is 13.2. The van der Waals surface area contributed by atoms with Crippen molar-refractivity contribution in [3.05, 3.63) is 70.5 Å². The van der Waals surface area contributed by atoms with E-state index < -0.39 is 5.60 Å². The summed E-state index contributed by atoms with van der Waals surface area (Å²) >= 11 is 6.31. The second-order valence-corrected chi connectivity index (χ2v) is 6.40. The Kier molecular flexibility index (Phi) is 4.22. The standard InChI is InChI=1S/C18H19ClFNO/c1-21-11-10-18(22,14-7-3-4-8-16(14)19)15(12-21)13-6-2-5-9-17(13)20/h2-9,15,22H,10-12H2,1H3. The van der Waals surface area contributed by atoms with Gasteiger partial charge in [-0.15, -0.1) is 0 Å². The first-order valence-electron chi connectivity index (χ1n) is 7.43. The summed E-state index contributed by atoms with van der Waals surface area (Å²) in [4.78, 5) is 2.11. The molecule has 2 aromatic rings. The van der Waals surface area contributed by atoms with Crippen molar-refractivity contribution in [1.82, 2.24) is 4.90 Å². The lowest BCUT2D eigenvalue weighted by molar-refractivity contribution is -0.0427. The van der Waals surface area contributed by atoms with Gasteiger partial charge < -0.3 is 10.0 Å². The second-order valence-electron chi connectivity index (χ2n) is 5.99. The van der Waals surface area contributed by atoms with E-state index in [1.54, 1.807) is 24.3 Å². The van der Waals surface area contributed by atoms with Crippen LogP contribution in [0.4, 0.5) is 4.39 Å². The Bertz CT molecular complexity index is 678. The Labute approximate surface area is 135 Å². The van der Waals surface area contributed by atoms with Crippen LogP contribution < -0.4 is 0 Å². The molecule has 0 aliphatic carbocycles. The Morgan fingerprint density at radius 2 is 1.86 bits per heavy atom. The van der Waals surface area contributed by atoms with Crippen LogP contribution in [0.25, 0.3) is 0 Å². The average molecular weight is 320 g/mol. The fourth-order valence-corrected chi connectivity index (χ4v) is 3.64. The van der Waals surface area contributed by atoms with Gasteiger partial charge in [-0.3, -0.25) is 0 Å². The summed E-state index contributed by atoms with van der Waals surface area (Å²) in [5.41, 5.74) is 0.0574. The number of likely N-dealkylation sites (N-methyl/N-ethyl adjacent to an activating group) is 1. The number of halogens is 2. The van der Waals surface area contributed by atoms with E-state index in [0.29, 0.717) is 29.1 Å². The number of nitrogens with zero attached hydrogens (tertiary/aromatic N) is 1. The molecule has 0 saturated carbocycles. The molecule has 1 heterocycles. The van der Waals surface area contributed by atoms with E-state index in [-0.39, 0.29) is 11.7 Å². The lowest BCUT2D eigenvalue weighted by Gasteiger charge is -2.44. The van der Waals surface area contributed by atoms with Gasteiger partial charge in [0.15, 0.2) is 0 Å². The molecule has 22 heavy (non-hydrogen) atoms. The topological polar surface area (TPSA) is 23.5 Å². The van der Waals surface area contributed by atoms with Gasteiger partial charge in [-0.25, -0.2) is 4.39 Å². The van der Waals surface area contributed by atoms with Crippen LogP contribution in [0, 0.1) is 5.82 Å². The van der Waals surface area contributed by atoms with E-state index >= 15 is 0 Å². The van der Waals surface area contributed by atoms with Gasteiger partial charge in [0.25, 0.3) is 0 Å². The average Bonchev–Trinajstić information content (AvgIpc) is 2.51. The summed E-state index contributed by atoms with van der Waals surface area (Å²) in [6, 6.07) is 14.0. The number of likely N-dealkylation sites (tertiary alicyclic amines) is 1. The number of benzene rings is 2. The molecule has 0 radical (unpaired) electrons. The molecule has 2 unspecified atom stereocenters. The van der Waals surface area contributed by atoms with Crippen molar-refractivity contribution in [3.8, 4) is 0 Å². The molecule has 0 bridgehead atoms. The lowest BCUT2D eigenvalue weighted by atomic mass is 9.72. The largest absolute Gasteiger partial charge is 0.384 e. The van der Waals surface area contributed by atoms with Crippen molar-refractivity contribution in [3.63, 3.8) is 0 Å². The van der Waals surface area contributed by atoms with E-state index in [2.05, 4.69) is 4.90 Å². The number of aliphatic hydroxyl groups is 1.